The fraction of sp³-hybridized carbons (Fsp3) is 0.579. The lowest BCUT2D eigenvalue weighted by atomic mass is 9.89. The molecule has 24 heavy (non-hydrogen) atoms. The summed E-state index contributed by atoms with van der Waals surface area (Å²) in [5, 5.41) is 3.08. The van der Waals surface area contributed by atoms with E-state index < -0.39 is 0 Å². The molecule has 1 heterocycles. The van der Waals surface area contributed by atoms with Crippen molar-refractivity contribution in [2.75, 3.05) is 24.2 Å². The van der Waals surface area contributed by atoms with Crippen LogP contribution in [0.15, 0.2) is 29.2 Å². The van der Waals surface area contributed by atoms with Crippen LogP contribution < -0.4 is 10.2 Å². The van der Waals surface area contributed by atoms with E-state index in [2.05, 4.69) is 5.32 Å². The Balaban J connectivity index is 1.54. The lowest BCUT2D eigenvalue weighted by Gasteiger charge is -2.22. The second kappa shape index (κ2) is 8.06. The molecule has 0 aromatic heterocycles. The van der Waals surface area contributed by atoms with Gasteiger partial charge in [-0.25, -0.2) is 0 Å². The van der Waals surface area contributed by atoms with Crippen molar-refractivity contribution in [3.8, 4) is 0 Å². The average Bonchev–Trinajstić information content (AvgIpc) is 3.02. The first-order valence-electron chi connectivity index (χ1n) is 8.89. The number of benzene rings is 1. The van der Waals surface area contributed by atoms with E-state index in [-0.39, 0.29) is 17.7 Å². The second-order valence-electron chi connectivity index (χ2n) is 6.85. The third-order valence-corrected chi connectivity index (χ3v) is 5.91. The summed E-state index contributed by atoms with van der Waals surface area (Å²) in [5.74, 6) is 0.484. The van der Waals surface area contributed by atoms with E-state index in [1.165, 1.54) is 37.0 Å². The highest BCUT2D eigenvalue weighted by atomic mass is 32.2. The molecule has 2 amide bonds. The molecule has 0 bridgehead atoms. The maximum absolute atomic E-state index is 12.4. The van der Waals surface area contributed by atoms with Gasteiger partial charge in [-0.15, -0.1) is 11.8 Å². The Morgan fingerprint density at radius 2 is 1.92 bits per heavy atom. The van der Waals surface area contributed by atoms with Crippen LogP contribution in [0, 0.1) is 11.8 Å². The van der Waals surface area contributed by atoms with Gasteiger partial charge in [0.2, 0.25) is 11.8 Å². The summed E-state index contributed by atoms with van der Waals surface area (Å²) in [4.78, 5) is 27.6. The molecule has 2 fully saturated rings. The molecular formula is C19H26N2O2S. The molecule has 1 saturated heterocycles. The van der Waals surface area contributed by atoms with Crippen molar-refractivity contribution in [3.05, 3.63) is 24.3 Å². The lowest BCUT2D eigenvalue weighted by Crippen LogP contribution is -2.36. The first-order chi connectivity index (χ1) is 11.7. The van der Waals surface area contributed by atoms with Crippen LogP contribution in [0.1, 0.15) is 38.5 Å². The van der Waals surface area contributed by atoms with Crippen LogP contribution in [0.2, 0.25) is 0 Å². The summed E-state index contributed by atoms with van der Waals surface area (Å²) >= 11 is 1.68. The van der Waals surface area contributed by atoms with Gasteiger partial charge in [0.05, 0.1) is 5.92 Å². The van der Waals surface area contributed by atoms with Gasteiger partial charge in [0.15, 0.2) is 0 Å². The fourth-order valence-electron chi connectivity index (χ4n) is 3.68. The molecule has 1 aliphatic carbocycles. The predicted octanol–water partition coefficient (Wildman–Crippen LogP) is 3.46. The van der Waals surface area contributed by atoms with Crippen molar-refractivity contribution >= 4 is 29.3 Å². The number of rotatable bonds is 5. The maximum atomic E-state index is 12.4. The Labute approximate surface area is 148 Å². The van der Waals surface area contributed by atoms with Gasteiger partial charge in [-0.05, 0) is 49.3 Å². The van der Waals surface area contributed by atoms with Gasteiger partial charge >= 0.3 is 0 Å². The van der Waals surface area contributed by atoms with Crippen LogP contribution in [-0.4, -0.2) is 31.2 Å². The number of carbonyl (C=O) groups is 2. The predicted molar refractivity (Wildman–Crippen MR) is 98.3 cm³/mol. The lowest BCUT2D eigenvalue weighted by molar-refractivity contribution is -0.126. The molecule has 1 atom stereocenters. The Morgan fingerprint density at radius 1 is 1.21 bits per heavy atom. The zero-order chi connectivity index (χ0) is 16.9. The van der Waals surface area contributed by atoms with E-state index in [0.29, 0.717) is 18.9 Å². The summed E-state index contributed by atoms with van der Waals surface area (Å²) in [6.45, 7) is 1.26. The SMILES string of the molecule is CSc1ccc(N2C[C@@H](C(=O)NCC3CCCCC3)CC2=O)cc1. The van der Waals surface area contributed by atoms with E-state index in [1.807, 2.05) is 30.5 Å². The molecule has 0 spiro atoms. The van der Waals surface area contributed by atoms with Crippen LogP contribution in [-0.2, 0) is 9.59 Å². The largest absolute Gasteiger partial charge is 0.356 e. The first kappa shape index (κ1) is 17.3. The number of anilines is 1. The smallest absolute Gasteiger partial charge is 0.227 e. The Morgan fingerprint density at radius 3 is 2.58 bits per heavy atom. The number of amides is 2. The van der Waals surface area contributed by atoms with E-state index in [1.54, 1.807) is 16.7 Å². The van der Waals surface area contributed by atoms with Gasteiger partial charge in [0.25, 0.3) is 0 Å². The molecule has 130 valence electrons. The monoisotopic (exact) mass is 346 g/mol. The second-order valence-corrected chi connectivity index (χ2v) is 7.73. The number of nitrogens with one attached hydrogen (secondary N) is 1. The quantitative estimate of drug-likeness (QED) is 0.831. The molecule has 0 radical (unpaired) electrons. The van der Waals surface area contributed by atoms with Gasteiger partial charge in [-0.2, -0.15) is 0 Å². The molecule has 2 aliphatic rings. The van der Waals surface area contributed by atoms with Gasteiger partial charge in [-0.3, -0.25) is 9.59 Å². The number of carbonyl (C=O) groups excluding carboxylic acids is 2. The van der Waals surface area contributed by atoms with Crippen LogP contribution in [0.4, 0.5) is 5.69 Å². The Kier molecular flexibility index (Phi) is 5.82. The molecule has 4 nitrogen and oxygen atoms in total. The van der Waals surface area contributed by atoms with E-state index in [0.717, 1.165) is 12.2 Å². The van der Waals surface area contributed by atoms with Crippen LogP contribution in [0.25, 0.3) is 0 Å². The highest BCUT2D eigenvalue weighted by Gasteiger charge is 2.35. The minimum atomic E-state index is -0.221. The third-order valence-electron chi connectivity index (χ3n) is 5.17. The normalized spacial score (nSPS) is 22.0. The zero-order valence-electron chi connectivity index (χ0n) is 14.3. The van der Waals surface area contributed by atoms with Gasteiger partial charge in [0.1, 0.15) is 0 Å². The Hall–Kier alpha value is -1.49. The summed E-state index contributed by atoms with van der Waals surface area (Å²) < 4.78 is 0. The molecule has 1 aromatic rings. The van der Waals surface area contributed by atoms with Gasteiger partial charge in [-0.1, -0.05) is 19.3 Å². The standard InChI is InChI=1S/C19H26N2O2S/c1-24-17-9-7-16(8-10-17)21-13-15(11-18(21)22)19(23)20-12-14-5-3-2-4-6-14/h7-10,14-15H,2-6,11-13H2,1H3,(H,20,23)/t15-/m0/s1. The number of thioether (sulfide) groups is 1. The van der Waals surface area contributed by atoms with Gasteiger partial charge in [0, 0.05) is 30.1 Å². The molecular weight excluding hydrogens is 320 g/mol. The number of nitrogens with zero attached hydrogens (tertiary/aromatic N) is 1. The maximum Gasteiger partial charge on any atom is 0.227 e. The summed E-state index contributed by atoms with van der Waals surface area (Å²) in [6.07, 6.45) is 8.68. The molecule has 1 aliphatic heterocycles. The minimum absolute atomic E-state index is 0.0390. The zero-order valence-corrected chi connectivity index (χ0v) is 15.1. The number of hydrogen-bond donors (Lipinski definition) is 1. The Bertz CT molecular complexity index is 582. The van der Waals surface area contributed by atoms with Crippen molar-refractivity contribution < 1.29 is 9.59 Å². The fourth-order valence-corrected chi connectivity index (χ4v) is 4.08. The van der Waals surface area contributed by atoms with Crippen molar-refractivity contribution in [2.24, 2.45) is 11.8 Å². The van der Waals surface area contributed by atoms with E-state index >= 15 is 0 Å². The third kappa shape index (κ3) is 4.12. The molecule has 1 saturated carbocycles. The molecule has 1 N–H and O–H groups in total. The van der Waals surface area contributed by atoms with Crippen LogP contribution >= 0.6 is 11.8 Å². The van der Waals surface area contributed by atoms with E-state index in [4.69, 9.17) is 0 Å². The summed E-state index contributed by atoms with van der Waals surface area (Å²) in [6, 6.07) is 7.96. The highest BCUT2D eigenvalue weighted by Crippen LogP contribution is 2.27. The van der Waals surface area contributed by atoms with Crippen molar-refractivity contribution in [1.82, 2.24) is 5.32 Å². The molecule has 1 aromatic carbocycles. The average molecular weight is 346 g/mol. The van der Waals surface area contributed by atoms with E-state index in [9.17, 15) is 9.59 Å². The molecule has 5 heteroatoms. The summed E-state index contributed by atoms with van der Waals surface area (Å²) in [7, 11) is 0. The molecule has 0 unspecified atom stereocenters. The summed E-state index contributed by atoms with van der Waals surface area (Å²) in [5.41, 5.74) is 0.889. The molecule has 3 rings (SSSR count). The van der Waals surface area contributed by atoms with Crippen LogP contribution in [0.5, 0.6) is 0 Å². The van der Waals surface area contributed by atoms with Gasteiger partial charge < -0.3 is 10.2 Å². The highest BCUT2D eigenvalue weighted by molar-refractivity contribution is 7.98. The van der Waals surface area contributed by atoms with Crippen LogP contribution in [0.3, 0.4) is 0 Å². The van der Waals surface area contributed by atoms with Crippen molar-refractivity contribution in [2.45, 2.75) is 43.4 Å². The van der Waals surface area contributed by atoms with Crippen molar-refractivity contribution in [3.63, 3.8) is 0 Å². The first-order valence-corrected chi connectivity index (χ1v) is 10.1. The number of hydrogen-bond acceptors (Lipinski definition) is 3. The van der Waals surface area contributed by atoms with Crippen molar-refractivity contribution in [1.29, 1.82) is 0 Å². The topological polar surface area (TPSA) is 49.4 Å². The minimum Gasteiger partial charge on any atom is -0.356 e.